The number of hydrogen-bond acceptors (Lipinski definition) is 5. The number of rotatable bonds is 4. The Bertz CT molecular complexity index is 1120. The second-order valence-corrected chi connectivity index (χ2v) is 7.17. The molecular formula is C21H21ClN4O3. The number of benzene rings is 2. The average Bonchev–Trinajstić information content (AvgIpc) is 2.75. The van der Waals surface area contributed by atoms with E-state index in [9.17, 15) is 9.59 Å². The average molecular weight is 413 g/mol. The molecule has 0 radical (unpaired) electrons. The molecule has 7 nitrogen and oxygen atoms in total. The number of anilines is 2. The van der Waals surface area contributed by atoms with Crippen molar-refractivity contribution in [2.24, 2.45) is 0 Å². The first-order valence-corrected chi connectivity index (χ1v) is 9.89. The first-order chi connectivity index (χ1) is 14.1. The van der Waals surface area contributed by atoms with Crippen LogP contribution in [0.3, 0.4) is 0 Å². The van der Waals surface area contributed by atoms with Crippen molar-refractivity contribution < 1.29 is 9.53 Å². The van der Waals surface area contributed by atoms with E-state index in [1.807, 2.05) is 13.0 Å². The molecule has 4 rings (SSSR count). The maximum atomic E-state index is 13.2. The number of halogens is 1. The number of nitrogens with zero attached hydrogens (tertiary/aromatic N) is 3. The Labute approximate surface area is 172 Å². The molecule has 3 aromatic rings. The molecule has 0 bridgehead atoms. The van der Waals surface area contributed by atoms with Gasteiger partial charge in [0, 0.05) is 30.0 Å². The van der Waals surface area contributed by atoms with Gasteiger partial charge >= 0.3 is 0 Å². The van der Waals surface area contributed by atoms with Crippen LogP contribution in [-0.4, -0.2) is 42.0 Å². The molecule has 8 heteroatoms. The fourth-order valence-corrected chi connectivity index (χ4v) is 3.66. The Kier molecular flexibility index (Phi) is 5.51. The summed E-state index contributed by atoms with van der Waals surface area (Å²) in [6.45, 7) is 4.91. The third kappa shape index (κ3) is 3.83. The molecule has 0 spiro atoms. The van der Waals surface area contributed by atoms with Gasteiger partial charge in [-0.2, -0.15) is 5.10 Å². The molecule has 29 heavy (non-hydrogen) atoms. The van der Waals surface area contributed by atoms with E-state index in [0.717, 1.165) is 18.8 Å². The zero-order valence-corrected chi connectivity index (χ0v) is 16.8. The van der Waals surface area contributed by atoms with E-state index in [0.29, 0.717) is 41.2 Å². The number of aryl methyl sites for hydroxylation is 1. The van der Waals surface area contributed by atoms with E-state index in [-0.39, 0.29) is 17.2 Å². The molecule has 1 aliphatic heterocycles. The molecule has 2 aromatic carbocycles. The van der Waals surface area contributed by atoms with Crippen LogP contribution in [0.15, 0.2) is 47.3 Å². The van der Waals surface area contributed by atoms with E-state index in [2.05, 4.69) is 15.3 Å². The summed E-state index contributed by atoms with van der Waals surface area (Å²) in [4.78, 5) is 27.9. The van der Waals surface area contributed by atoms with Crippen LogP contribution in [0.5, 0.6) is 0 Å². The van der Waals surface area contributed by atoms with Crippen molar-refractivity contribution in [3.63, 3.8) is 0 Å². The fraction of sp³-hybridized carbons (Fsp3) is 0.286. The molecule has 0 saturated carbocycles. The third-order valence-corrected chi connectivity index (χ3v) is 5.18. The van der Waals surface area contributed by atoms with Gasteiger partial charge in [0.25, 0.3) is 11.5 Å². The largest absolute Gasteiger partial charge is 0.378 e. The summed E-state index contributed by atoms with van der Waals surface area (Å²) in [5, 5.41) is 8.76. The molecule has 0 aliphatic carbocycles. The Hall–Kier alpha value is -2.90. The van der Waals surface area contributed by atoms with Gasteiger partial charge < -0.3 is 15.0 Å². The summed E-state index contributed by atoms with van der Waals surface area (Å²) in [5.74, 6) is -0.389. The van der Waals surface area contributed by atoms with Crippen molar-refractivity contribution in [1.29, 1.82) is 0 Å². The lowest BCUT2D eigenvalue weighted by Crippen LogP contribution is -2.36. The van der Waals surface area contributed by atoms with Crippen molar-refractivity contribution in [2.75, 3.05) is 36.5 Å². The van der Waals surface area contributed by atoms with Gasteiger partial charge in [0.2, 0.25) is 0 Å². The van der Waals surface area contributed by atoms with Gasteiger partial charge in [-0.15, -0.1) is 0 Å². The van der Waals surface area contributed by atoms with Crippen LogP contribution in [0.25, 0.3) is 10.8 Å². The van der Waals surface area contributed by atoms with E-state index >= 15 is 0 Å². The lowest BCUT2D eigenvalue weighted by molar-refractivity contribution is 0.102. The minimum Gasteiger partial charge on any atom is -0.378 e. The Morgan fingerprint density at radius 2 is 1.90 bits per heavy atom. The van der Waals surface area contributed by atoms with Gasteiger partial charge in [-0.25, -0.2) is 4.68 Å². The summed E-state index contributed by atoms with van der Waals surface area (Å²) >= 11 is 6.19. The van der Waals surface area contributed by atoms with Gasteiger partial charge in [0.05, 0.1) is 30.0 Å². The van der Waals surface area contributed by atoms with Gasteiger partial charge in [-0.3, -0.25) is 9.59 Å². The molecule has 0 atom stereocenters. The number of nitrogens with one attached hydrogen (secondary N) is 1. The zero-order valence-electron chi connectivity index (χ0n) is 16.0. The van der Waals surface area contributed by atoms with Crippen LogP contribution in [0.4, 0.5) is 11.4 Å². The molecule has 0 unspecified atom stereocenters. The van der Waals surface area contributed by atoms with Crippen LogP contribution < -0.4 is 15.8 Å². The topological polar surface area (TPSA) is 76.5 Å². The predicted octanol–water partition coefficient (Wildman–Crippen LogP) is 3.16. The lowest BCUT2D eigenvalue weighted by atomic mass is 10.1. The number of amides is 1. The molecule has 1 aromatic heterocycles. The lowest BCUT2D eigenvalue weighted by Gasteiger charge is -2.30. The van der Waals surface area contributed by atoms with Gasteiger partial charge in [0.15, 0.2) is 5.69 Å². The molecule has 150 valence electrons. The minimum atomic E-state index is -0.389. The standard InChI is InChI=1S/C21H21ClN4O3/c1-2-26-21(28)16-6-4-3-5-15(16)19(24-26)20(27)23-17-13-14(22)7-8-18(17)25-9-11-29-12-10-25/h3-8,13H,2,9-12H2,1H3,(H,23,27). The van der Waals surface area contributed by atoms with Crippen LogP contribution in [0.1, 0.15) is 17.4 Å². The quantitative estimate of drug-likeness (QED) is 0.712. The molecular weight excluding hydrogens is 392 g/mol. The van der Waals surface area contributed by atoms with E-state index < -0.39 is 0 Å². The van der Waals surface area contributed by atoms with Crippen molar-refractivity contribution in [1.82, 2.24) is 9.78 Å². The Morgan fingerprint density at radius 3 is 2.62 bits per heavy atom. The highest BCUT2D eigenvalue weighted by Gasteiger charge is 2.20. The van der Waals surface area contributed by atoms with Crippen LogP contribution in [0.2, 0.25) is 5.02 Å². The summed E-state index contributed by atoms with van der Waals surface area (Å²) in [6.07, 6.45) is 0. The smallest absolute Gasteiger partial charge is 0.276 e. The highest BCUT2D eigenvalue weighted by molar-refractivity contribution is 6.31. The van der Waals surface area contributed by atoms with E-state index in [1.54, 1.807) is 36.4 Å². The summed E-state index contributed by atoms with van der Waals surface area (Å²) in [7, 11) is 0. The monoisotopic (exact) mass is 412 g/mol. The first-order valence-electron chi connectivity index (χ1n) is 9.52. The molecule has 1 saturated heterocycles. The second-order valence-electron chi connectivity index (χ2n) is 6.73. The normalized spacial score (nSPS) is 14.2. The second kappa shape index (κ2) is 8.23. The molecule has 1 aliphatic rings. The summed E-state index contributed by atoms with van der Waals surface area (Å²) in [6, 6.07) is 12.4. The van der Waals surface area contributed by atoms with Crippen LogP contribution >= 0.6 is 11.6 Å². The Morgan fingerprint density at radius 1 is 1.17 bits per heavy atom. The zero-order chi connectivity index (χ0) is 20.4. The highest BCUT2D eigenvalue weighted by atomic mass is 35.5. The van der Waals surface area contributed by atoms with Gasteiger partial charge in [-0.1, -0.05) is 29.8 Å². The van der Waals surface area contributed by atoms with Crippen molar-refractivity contribution in [3.8, 4) is 0 Å². The van der Waals surface area contributed by atoms with Crippen LogP contribution in [0, 0.1) is 0 Å². The number of carbonyl (C=O) groups is 1. The SMILES string of the molecule is CCn1nc(C(=O)Nc2cc(Cl)ccc2N2CCOCC2)c2ccccc2c1=O. The molecule has 2 heterocycles. The van der Waals surface area contributed by atoms with Gasteiger partial charge in [0.1, 0.15) is 0 Å². The fourth-order valence-electron chi connectivity index (χ4n) is 3.49. The maximum absolute atomic E-state index is 13.2. The van der Waals surface area contributed by atoms with Crippen molar-refractivity contribution >= 4 is 39.7 Å². The summed E-state index contributed by atoms with van der Waals surface area (Å²) < 4.78 is 6.73. The van der Waals surface area contributed by atoms with Crippen LogP contribution in [-0.2, 0) is 11.3 Å². The van der Waals surface area contributed by atoms with Gasteiger partial charge in [-0.05, 0) is 31.2 Å². The molecule has 1 N–H and O–H groups in total. The summed E-state index contributed by atoms with van der Waals surface area (Å²) in [5.41, 5.74) is 1.47. The van der Waals surface area contributed by atoms with Crippen molar-refractivity contribution in [2.45, 2.75) is 13.5 Å². The number of fused-ring (bicyclic) bond motifs is 1. The predicted molar refractivity (Wildman–Crippen MR) is 114 cm³/mol. The maximum Gasteiger partial charge on any atom is 0.276 e. The van der Waals surface area contributed by atoms with Crippen molar-refractivity contribution in [3.05, 3.63) is 63.5 Å². The number of morpholine rings is 1. The number of carbonyl (C=O) groups excluding carboxylic acids is 1. The Balaban J connectivity index is 1.75. The third-order valence-electron chi connectivity index (χ3n) is 4.94. The van der Waals surface area contributed by atoms with E-state index in [4.69, 9.17) is 16.3 Å². The minimum absolute atomic E-state index is 0.204. The highest BCUT2D eigenvalue weighted by Crippen LogP contribution is 2.30. The van der Waals surface area contributed by atoms with E-state index in [1.165, 1.54) is 4.68 Å². The molecule has 1 fully saturated rings. The number of aromatic nitrogens is 2. The number of hydrogen-bond donors (Lipinski definition) is 1. The first kappa shape index (κ1) is 19.4. The molecule has 1 amide bonds. The number of ether oxygens (including phenoxy) is 1.